The molecule has 3 aliphatic heterocycles. The minimum atomic E-state index is -1.48. The minimum Gasteiger partial charge on any atom is -0.462 e. The maximum Gasteiger partial charge on any atom is 0.306 e. The summed E-state index contributed by atoms with van der Waals surface area (Å²) in [5.74, 6) is -1.21. The van der Waals surface area contributed by atoms with E-state index in [9.17, 15) is 14.7 Å². The molecule has 2 N–H and O–H groups in total. The molecule has 3 aliphatic rings. The summed E-state index contributed by atoms with van der Waals surface area (Å²) in [5, 5.41) is 13.7. The Hall–Kier alpha value is -1.05. The number of fused-ring (bicyclic) bond motifs is 2. The first-order chi connectivity index (χ1) is 12.5. The SMILES string of the molecule is O=C1CCCCCC=CCCC[C@@H]2C[C@H](C[C@](O)(C3CSC(=O)N3)O2)O1. The predicted molar refractivity (Wildman–Crippen MR) is 99.8 cm³/mol. The summed E-state index contributed by atoms with van der Waals surface area (Å²) in [6, 6.07) is -0.467. The Morgan fingerprint density at radius 2 is 1.92 bits per heavy atom. The van der Waals surface area contributed by atoms with Gasteiger partial charge in [-0.3, -0.25) is 9.59 Å². The molecule has 2 saturated heterocycles. The van der Waals surface area contributed by atoms with Crippen LogP contribution in [-0.2, 0) is 14.3 Å². The number of hydrogen-bond donors (Lipinski definition) is 2. The van der Waals surface area contributed by atoms with Crippen LogP contribution in [-0.4, -0.2) is 46.1 Å². The lowest BCUT2D eigenvalue weighted by atomic mass is 9.91. The average molecular weight is 384 g/mol. The van der Waals surface area contributed by atoms with Crippen LogP contribution in [0.5, 0.6) is 0 Å². The predicted octanol–water partition coefficient (Wildman–Crippen LogP) is 3.28. The van der Waals surface area contributed by atoms with Gasteiger partial charge in [-0.05, 0) is 38.5 Å². The third kappa shape index (κ3) is 5.47. The van der Waals surface area contributed by atoms with Gasteiger partial charge in [0.2, 0.25) is 0 Å². The fourth-order valence-electron chi connectivity index (χ4n) is 3.86. The summed E-state index contributed by atoms with van der Waals surface area (Å²) in [4.78, 5) is 23.7. The number of ether oxygens (including phenoxy) is 2. The first-order valence-electron chi connectivity index (χ1n) is 9.73. The summed E-state index contributed by atoms with van der Waals surface area (Å²) >= 11 is 1.15. The summed E-state index contributed by atoms with van der Waals surface area (Å²) < 4.78 is 11.7. The van der Waals surface area contributed by atoms with E-state index in [0.717, 1.165) is 56.7 Å². The van der Waals surface area contributed by atoms with E-state index in [1.807, 2.05) is 0 Å². The molecule has 0 aromatic carbocycles. The van der Waals surface area contributed by atoms with E-state index in [4.69, 9.17) is 9.47 Å². The van der Waals surface area contributed by atoms with E-state index in [2.05, 4.69) is 17.5 Å². The standard InChI is InChI=1S/C19H29NO5S/c21-17-10-8-6-4-2-1-3-5-7-9-14-11-15(24-17)12-19(23,25-14)16-13-26-18(22)20-16/h1,3,14-16,23H,2,4-13H2,(H,20,22)/t14-,15-,16?,19-/m1/s1. The number of rotatable bonds is 1. The molecule has 6 nitrogen and oxygen atoms in total. The molecule has 146 valence electrons. The lowest BCUT2D eigenvalue weighted by Crippen LogP contribution is -2.58. The lowest BCUT2D eigenvalue weighted by Gasteiger charge is -2.43. The summed E-state index contributed by atoms with van der Waals surface area (Å²) in [5.41, 5.74) is 0. The van der Waals surface area contributed by atoms with Gasteiger partial charge in [-0.1, -0.05) is 30.3 Å². The third-order valence-electron chi connectivity index (χ3n) is 5.25. The monoisotopic (exact) mass is 383 g/mol. The highest BCUT2D eigenvalue weighted by Gasteiger charge is 2.49. The van der Waals surface area contributed by atoms with E-state index < -0.39 is 11.8 Å². The van der Waals surface area contributed by atoms with Crippen molar-refractivity contribution >= 4 is 23.0 Å². The molecule has 3 rings (SSSR count). The molecule has 0 spiro atoms. The van der Waals surface area contributed by atoms with Crippen molar-refractivity contribution in [3.63, 3.8) is 0 Å². The van der Waals surface area contributed by atoms with Crippen molar-refractivity contribution in [1.82, 2.24) is 5.32 Å². The maximum atomic E-state index is 12.2. The van der Waals surface area contributed by atoms with Crippen LogP contribution in [0, 0.1) is 0 Å². The molecule has 0 aromatic rings. The summed E-state index contributed by atoms with van der Waals surface area (Å²) in [6.45, 7) is 0. The van der Waals surface area contributed by atoms with Gasteiger partial charge in [0.15, 0.2) is 5.79 Å². The van der Waals surface area contributed by atoms with Crippen molar-refractivity contribution in [2.75, 3.05) is 5.75 Å². The zero-order valence-corrected chi connectivity index (χ0v) is 16.0. The molecule has 4 atom stereocenters. The van der Waals surface area contributed by atoms with Crippen LogP contribution < -0.4 is 5.32 Å². The molecule has 2 fully saturated rings. The van der Waals surface area contributed by atoms with E-state index in [-0.39, 0.29) is 29.8 Å². The smallest absolute Gasteiger partial charge is 0.306 e. The number of nitrogens with one attached hydrogen (secondary N) is 1. The first-order valence-corrected chi connectivity index (χ1v) is 10.7. The quantitative estimate of drug-likeness (QED) is 0.534. The van der Waals surface area contributed by atoms with Crippen molar-refractivity contribution in [2.45, 2.75) is 88.2 Å². The third-order valence-corrected chi connectivity index (χ3v) is 6.13. The molecular formula is C19H29NO5S. The van der Waals surface area contributed by atoms with Crippen LogP contribution in [0.25, 0.3) is 0 Å². The largest absolute Gasteiger partial charge is 0.462 e. The van der Waals surface area contributed by atoms with Gasteiger partial charge in [0.1, 0.15) is 6.10 Å². The van der Waals surface area contributed by atoms with E-state index in [0.29, 0.717) is 18.6 Å². The van der Waals surface area contributed by atoms with Crippen molar-refractivity contribution in [1.29, 1.82) is 0 Å². The number of hydrogen-bond acceptors (Lipinski definition) is 6. The van der Waals surface area contributed by atoms with Gasteiger partial charge < -0.3 is 19.9 Å². The second-order valence-corrected chi connectivity index (χ2v) is 8.43. The number of amides is 1. The Labute approximate surface area is 159 Å². The normalized spacial score (nSPS) is 37.3. The molecule has 0 radical (unpaired) electrons. The van der Waals surface area contributed by atoms with E-state index in [1.165, 1.54) is 0 Å². The van der Waals surface area contributed by atoms with Crippen molar-refractivity contribution in [3.8, 4) is 0 Å². The van der Waals surface area contributed by atoms with Crippen LogP contribution in [0.4, 0.5) is 4.79 Å². The minimum absolute atomic E-state index is 0.147. The number of aliphatic hydroxyl groups is 1. The highest BCUT2D eigenvalue weighted by molar-refractivity contribution is 8.14. The Morgan fingerprint density at radius 3 is 2.69 bits per heavy atom. The second-order valence-electron chi connectivity index (χ2n) is 7.43. The van der Waals surface area contributed by atoms with Gasteiger partial charge in [-0.15, -0.1) is 0 Å². The highest BCUT2D eigenvalue weighted by Crippen LogP contribution is 2.36. The molecular weight excluding hydrogens is 354 g/mol. The molecule has 1 amide bonds. The van der Waals surface area contributed by atoms with Crippen LogP contribution in [0.15, 0.2) is 12.2 Å². The highest BCUT2D eigenvalue weighted by atomic mass is 32.2. The van der Waals surface area contributed by atoms with E-state index >= 15 is 0 Å². The number of carbonyl (C=O) groups excluding carboxylic acids is 2. The average Bonchev–Trinajstić information content (AvgIpc) is 3.02. The van der Waals surface area contributed by atoms with E-state index in [1.54, 1.807) is 0 Å². The summed E-state index contributed by atoms with van der Waals surface area (Å²) in [6.07, 6.45) is 11.9. The molecule has 2 bridgehead atoms. The van der Waals surface area contributed by atoms with Crippen molar-refractivity contribution < 1.29 is 24.2 Å². The Kier molecular flexibility index (Phi) is 7.00. The lowest BCUT2D eigenvalue weighted by molar-refractivity contribution is -0.284. The first kappa shape index (κ1) is 19.7. The molecule has 3 heterocycles. The van der Waals surface area contributed by atoms with Crippen LogP contribution in [0.1, 0.15) is 64.2 Å². The second kappa shape index (κ2) is 9.24. The van der Waals surface area contributed by atoms with Crippen LogP contribution >= 0.6 is 11.8 Å². The Bertz CT molecular complexity index is 540. The number of carbonyl (C=O) groups is 2. The summed E-state index contributed by atoms with van der Waals surface area (Å²) in [7, 11) is 0. The van der Waals surface area contributed by atoms with Gasteiger partial charge >= 0.3 is 5.97 Å². The molecule has 1 unspecified atom stereocenters. The Morgan fingerprint density at radius 1 is 1.12 bits per heavy atom. The number of esters is 1. The van der Waals surface area contributed by atoms with Gasteiger partial charge in [-0.25, -0.2) is 0 Å². The van der Waals surface area contributed by atoms with Crippen LogP contribution in [0.2, 0.25) is 0 Å². The molecule has 0 aromatic heterocycles. The van der Waals surface area contributed by atoms with Gasteiger partial charge in [0.05, 0.1) is 12.1 Å². The van der Waals surface area contributed by atoms with Gasteiger partial charge in [0, 0.05) is 25.0 Å². The van der Waals surface area contributed by atoms with Crippen molar-refractivity contribution in [3.05, 3.63) is 12.2 Å². The molecule has 0 aliphatic carbocycles. The fourth-order valence-corrected chi connectivity index (χ4v) is 4.75. The Balaban J connectivity index is 1.68. The maximum absolute atomic E-state index is 12.2. The van der Waals surface area contributed by atoms with Gasteiger partial charge in [-0.2, -0.15) is 0 Å². The number of thioether (sulfide) groups is 1. The fraction of sp³-hybridized carbons (Fsp3) is 0.789. The molecule has 0 saturated carbocycles. The van der Waals surface area contributed by atoms with Crippen molar-refractivity contribution in [2.24, 2.45) is 0 Å². The molecule has 26 heavy (non-hydrogen) atoms. The molecule has 7 heteroatoms. The van der Waals surface area contributed by atoms with Gasteiger partial charge in [0.25, 0.3) is 5.24 Å². The van der Waals surface area contributed by atoms with Crippen LogP contribution in [0.3, 0.4) is 0 Å². The zero-order chi connectivity index (χ0) is 18.4. The zero-order valence-electron chi connectivity index (χ0n) is 15.2. The topological polar surface area (TPSA) is 84.9 Å². The number of allylic oxidation sites excluding steroid dienone is 2.